The lowest BCUT2D eigenvalue weighted by atomic mass is 9.47. The first-order valence-electron chi connectivity index (χ1n) is 2.90. The Morgan fingerprint density at radius 1 is 1.62 bits per heavy atom. The van der Waals surface area contributed by atoms with Crippen LogP contribution in [0.3, 0.4) is 0 Å². The van der Waals surface area contributed by atoms with E-state index in [0.29, 0.717) is 6.71 Å². The Morgan fingerprint density at radius 2 is 2.38 bits per heavy atom. The number of allylic oxidation sites excluding steroid dienone is 1. The maximum atomic E-state index is 3.02. The predicted octanol–water partition coefficient (Wildman–Crippen LogP) is 1.21. The van der Waals surface area contributed by atoms with E-state index in [4.69, 9.17) is 0 Å². The van der Waals surface area contributed by atoms with Gasteiger partial charge >= 0.3 is 0 Å². The van der Waals surface area contributed by atoms with E-state index in [2.05, 4.69) is 25.0 Å². The molecule has 8 heavy (non-hydrogen) atoms. The third kappa shape index (κ3) is 0.943. The second-order valence-electron chi connectivity index (χ2n) is 2.20. The van der Waals surface area contributed by atoms with Gasteiger partial charge in [0.1, 0.15) is 0 Å². The van der Waals surface area contributed by atoms with Gasteiger partial charge in [0.2, 0.25) is 0 Å². The summed E-state index contributed by atoms with van der Waals surface area (Å²) in [4.78, 5) is 0. The Kier molecular flexibility index (Phi) is 1.42. The van der Waals surface area contributed by atoms with Crippen molar-refractivity contribution in [1.82, 2.24) is 5.32 Å². The van der Waals surface area contributed by atoms with Crippen molar-refractivity contribution in [2.75, 3.05) is 0 Å². The van der Waals surface area contributed by atoms with Crippen LogP contribution in [0.5, 0.6) is 0 Å². The van der Waals surface area contributed by atoms with E-state index in [1.807, 2.05) is 12.4 Å². The van der Waals surface area contributed by atoms with Crippen molar-refractivity contribution in [1.29, 1.82) is 0 Å². The molecule has 0 spiro atoms. The van der Waals surface area contributed by atoms with Crippen LogP contribution in [0, 0.1) is 0 Å². The molecule has 42 valence electrons. The quantitative estimate of drug-likeness (QED) is 0.458. The summed E-state index contributed by atoms with van der Waals surface area (Å²) >= 11 is 0. The topological polar surface area (TPSA) is 12.0 Å². The van der Waals surface area contributed by atoms with Gasteiger partial charge in [-0.05, 0) is 19.3 Å². The van der Waals surface area contributed by atoms with Gasteiger partial charge in [0.15, 0.2) is 6.71 Å². The summed E-state index contributed by atoms with van der Waals surface area (Å²) in [6.07, 6.45) is 4.00. The maximum Gasteiger partial charge on any atom is 0.196 e. The molecule has 0 saturated carbocycles. The molecule has 0 amide bonds. The maximum absolute atomic E-state index is 3.02. The molecule has 0 bridgehead atoms. The summed E-state index contributed by atoms with van der Waals surface area (Å²) in [6, 6.07) is 0. The summed E-state index contributed by atoms with van der Waals surface area (Å²) in [6.45, 7) is 4.93. The second-order valence-corrected chi connectivity index (χ2v) is 2.20. The molecule has 1 aliphatic rings. The van der Waals surface area contributed by atoms with Gasteiger partial charge in [-0.3, -0.25) is 0 Å². The lowest BCUT2D eigenvalue weighted by Crippen LogP contribution is -2.14. The Labute approximate surface area is 50.6 Å². The fraction of sp³-hybridized carbons (Fsp3) is 0.333. The highest BCUT2D eigenvalue weighted by Gasteiger charge is 2.05. The molecule has 0 radical (unpaired) electrons. The van der Waals surface area contributed by atoms with Gasteiger partial charge in [-0.15, -0.1) is 0 Å². The third-order valence-electron chi connectivity index (χ3n) is 1.51. The van der Waals surface area contributed by atoms with Crippen LogP contribution in [0.4, 0.5) is 0 Å². The van der Waals surface area contributed by atoms with Crippen LogP contribution < -0.4 is 5.32 Å². The number of rotatable bonds is 0. The molecule has 1 N–H and O–H groups in total. The molecule has 0 aromatic heterocycles. The van der Waals surface area contributed by atoms with Gasteiger partial charge in [-0.2, -0.15) is 0 Å². The molecule has 0 aromatic rings. The highest BCUT2D eigenvalue weighted by molar-refractivity contribution is 6.70. The highest BCUT2D eigenvalue weighted by atomic mass is 14.8. The number of hydrogen-bond acceptors (Lipinski definition) is 1. The first-order valence-corrected chi connectivity index (χ1v) is 2.90. The summed E-state index contributed by atoms with van der Waals surface area (Å²) < 4.78 is 0. The van der Waals surface area contributed by atoms with Gasteiger partial charge in [-0.25, -0.2) is 0 Å². The van der Waals surface area contributed by atoms with E-state index >= 15 is 0 Å². The molecule has 1 heterocycles. The van der Waals surface area contributed by atoms with E-state index in [1.165, 1.54) is 5.47 Å². The SMILES string of the molecule is CB1C=CNC=C1C. The minimum Gasteiger partial charge on any atom is -0.370 e. The van der Waals surface area contributed by atoms with Crippen molar-refractivity contribution in [3.05, 3.63) is 23.8 Å². The molecule has 0 aliphatic carbocycles. The van der Waals surface area contributed by atoms with Gasteiger partial charge in [-0.1, -0.05) is 18.3 Å². The first-order chi connectivity index (χ1) is 3.80. The number of hydrogen-bond donors (Lipinski definition) is 1. The first kappa shape index (κ1) is 5.48. The van der Waals surface area contributed by atoms with E-state index in [1.54, 1.807) is 0 Å². The predicted molar refractivity (Wildman–Crippen MR) is 37.7 cm³/mol. The Bertz CT molecular complexity index is 137. The molecule has 2 heteroatoms. The summed E-state index contributed by atoms with van der Waals surface area (Å²) in [5.41, 5.74) is 1.40. The van der Waals surface area contributed by atoms with Crippen LogP contribution in [0.25, 0.3) is 0 Å². The lowest BCUT2D eigenvalue weighted by molar-refractivity contribution is 1.17. The normalized spacial score (nSPS) is 17.8. The molecular weight excluding hydrogens is 96.9 g/mol. The zero-order valence-electron chi connectivity index (χ0n) is 5.31. The number of nitrogens with one attached hydrogen (secondary N) is 1. The highest BCUT2D eigenvalue weighted by Crippen LogP contribution is 2.02. The molecule has 0 atom stereocenters. The Morgan fingerprint density at radius 3 is 2.75 bits per heavy atom. The largest absolute Gasteiger partial charge is 0.370 e. The van der Waals surface area contributed by atoms with E-state index < -0.39 is 0 Å². The van der Waals surface area contributed by atoms with E-state index in [9.17, 15) is 0 Å². The van der Waals surface area contributed by atoms with Gasteiger partial charge in [0.05, 0.1) is 0 Å². The average Bonchev–Trinajstić information content (AvgIpc) is 1.77. The molecule has 1 aliphatic heterocycles. The standard InChI is InChI=1S/C6H10BN/c1-6-5-8-4-3-7(6)2/h3-5,8H,1-2H3. The van der Waals surface area contributed by atoms with Crippen molar-refractivity contribution in [2.24, 2.45) is 0 Å². The van der Waals surface area contributed by atoms with Crippen LogP contribution in [-0.2, 0) is 0 Å². The second kappa shape index (κ2) is 2.08. The molecule has 1 nitrogen and oxygen atoms in total. The monoisotopic (exact) mass is 107 g/mol. The minimum absolute atomic E-state index is 0.622. The zero-order chi connectivity index (χ0) is 5.98. The molecular formula is C6H10BN. The summed E-state index contributed by atoms with van der Waals surface area (Å²) in [5.74, 6) is 2.15. The minimum atomic E-state index is 0.622. The van der Waals surface area contributed by atoms with Crippen LogP contribution in [-0.4, -0.2) is 6.71 Å². The third-order valence-corrected chi connectivity index (χ3v) is 1.51. The van der Waals surface area contributed by atoms with Gasteiger partial charge in [0.25, 0.3) is 0 Å². The summed E-state index contributed by atoms with van der Waals surface area (Å²) in [5, 5.41) is 3.02. The zero-order valence-corrected chi connectivity index (χ0v) is 5.31. The van der Waals surface area contributed by atoms with Crippen molar-refractivity contribution in [3.63, 3.8) is 0 Å². The van der Waals surface area contributed by atoms with Crippen molar-refractivity contribution >= 4 is 6.71 Å². The fourth-order valence-corrected chi connectivity index (χ4v) is 0.663. The van der Waals surface area contributed by atoms with Gasteiger partial charge in [0, 0.05) is 0 Å². The van der Waals surface area contributed by atoms with Crippen molar-refractivity contribution in [3.8, 4) is 0 Å². The van der Waals surface area contributed by atoms with Crippen LogP contribution in [0.15, 0.2) is 23.8 Å². The fourth-order valence-electron chi connectivity index (χ4n) is 0.663. The van der Waals surface area contributed by atoms with Crippen molar-refractivity contribution < 1.29 is 0 Å². The molecule has 0 aromatic carbocycles. The molecule has 0 unspecified atom stereocenters. The summed E-state index contributed by atoms with van der Waals surface area (Å²) in [7, 11) is 0. The van der Waals surface area contributed by atoms with Crippen LogP contribution in [0.1, 0.15) is 6.92 Å². The van der Waals surface area contributed by atoms with E-state index in [0.717, 1.165) is 0 Å². The van der Waals surface area contributed by atoms with Crippen LogP contribution >= 0.6 is 0 Å². The Hall–Kier alpha value is -0.655. The van der Waals surface area contributed by atoms with E-state index in [-0.39, 0.29) is 0 Å². The van der Waals surface area contributed by atoms with Gasteiger partial charge < -0.3 is 5.32 Å². The van der Waals surface area contributed by atoms with Crippen LogP contribution in [0.2, 0.25) is 6.82 Å². The molecule has 0 fully saturated rings. The van der Waals surface area contributed by atoms with Crippen molar-refractivity contribution in [2.45, 2.75) is 13.7 Å². The molecule has 0 saturated heterocycles. The average molecular weight is 107 g/mol. The smallest absolute Gasteiger partial charge is 0.196 e. The Balaban J connectivity index is 2.63. The molecule has 1 rings (SSSR count). The lowest BCUT2D eigenvalue weighted by Gasteiger charge is -2.07.